The number of pyridine rings is 1. The molecule has 1 amide bonds. The molecule has 0 saturated heterocycles. The molecule has 0 unspecified atom stereocenters. The van der Waals surface area contributed by atoms with Gasteiger partial charge < -0.3 is 15.4 Å². The predicted octanol–water partition coefficient (Wildman–Crippen LogP) is 5.60. The largest absolute Gasteiger partial charge is 0.394 e. The van der Waals surface area contributed by atoms with Gasteiger partial charge in [0, 0.05) is 31.8 Å². The molecule has 2 N–H and O–H groups in total. The van der Waals surface area contributed by atoms with Crippen LogP contribution in [-0.4, -0.2) is 59.6 Å². The summed E-state index contributed by atoms with van der Waals surface area (Å²) in [6, 6.07) is 1.12. The number of hydrogen-bond donors (Lipinski definition) is 2. The van der Waals surface area contributed by atoms with E-state index in [0.717, 1.165) is 6.07 Å². The number of hydrogen-bond acceptors (Lipinski definition) is 6. The minimum Gasteiger partial charge on any atom is -0.379 e. The van der Waals surface area contributed by atoms with Crippen molar-refractivity contribution < 1.29 is 27.1 Å². The number of nitrogens with one attached hydrogen (secondary N) is 2. The molecule has 0 fully saturated rings. The van der Waals surface area contributed by atoms with Crippen LogP contribution in [0, 0.1) is 5.82 Å². The van der Waals surface area contributed by atoms with Gasteiger partial charge in [0.15, 0.2) is 5.82 Å². The molecule has 40 heavy (non-hydrogen) atoms. The molecule has 0 aromatic carbocycles. The topological polar surface area (TPSA) is 93.4 Å². The highest BCUT2D eigenvalue weighted by atomic mass is 35.5. The van der Waals surface area contributed by atoms with Gasteiger partial charge in [0.2, 0.25) is 0 Å². The summed E-state index contributed by atoms with van der Waals surface area (Å²) in [5.41, 5.74) is 0.399. The third kappa shape index (κ3) is 9.68. The number of carbonyl (C=O) groups is 1. The quantitative estimate of drug-likeness (QED) is 0.161. The molecule has 13 heteroatoms. The van der Waals surface area contributed by atoms with Gasteiger partial charge in [0.05, 0.1) is 29.5 Å². The molecule has 0 radical (unpaired) electrons. The average molecular weight is 585 g/mol. The van der Waals surface area contributed by atoms with E-state index in [4.69, 9.17) is 16.3 Å². The monoisotopic (exact) mass is 584 g/mol. The Morgan fingerprint density at radius 2 is 2.08 bits per heavy atom. The number of halogens is 5. The van der Waals surface area contributed by atoms with Gasteiger partial charge in [-0.05, 0) is 50.6 Å². The summed E-state index contributed by atoms with van der Waals surface area (Å²) in [6.07, 6.45) is -0.448. The van der Waals surface area contributed by atoms with Crippen molar-refractivity contribution >= 4 is 41.2 Å². The number of ether oxygens (including phenoxy) is 1. The zero-order valence-corrected chi connectivity index (χ0v) is 23.4. The standard InChI is InChI=1S/C27H33ClF4N6O2/c1-6-22-25(38(23(7-2)37-22)15-19(28)16-40-5)26(39)35-14-18-11-21(29)24(34-13-18)17(3)36-20(9-8-10-33-4)12-27(30,31)32/h7,11,13,15,33H,2-3,6,8-10,12,14,16H2,1,4-5H3,(H,35,39)/b19-15+,36-20?. The summed E-state index contributed by atoms with van der Waals surface area (Å²) in [5, 5.41) is 5.89. The molecule has 0 aliphatic heterocycles. The van der Waals surface area contributed by atoms with Gasteiger partial charge in [-0.3, -0.25) is 19.3 Å². The Labute approximate surface area is 235 Å². The molecule has 2 rings (SSSR count). The van der Waals surface area contributed by atoms with Gasteiger partial charge in [-0.25, -0.2) is 9.37 Å². The summed E-state index contributed by atoms with van der Waals surface area (Å²) >= 11 is 6.20. The molecule has 2 aromatic rings. The van der Waals surface area contributed by atoms with Gasteiger partial charge in [-0.1, -0.05) is 31.7 Å². The van der Waals surface area contributed by atoms with E-state index in [-0.39, 0.29) is 42.4 Å². The fourth-order valence-corrected chi connectivity index (χ4v) is 3.96. The van der Waals surface area contributed by atoms with Gasteiger partial charge in [0.25, 0.3) is 5.91 Å². The van der Waals surface area contributed by atoms with Crippen molar-refractivity contribution in [3.05, 3.63) is 64.7 Å². The van der Waals surface area contributed by atoms with E-state index in [9.17, 15) is 22.4 Å². The molecule has 2 heterocycles. The highest BCUT2D eigenvalue weighted by Gasteiger charge is 2.30. The van der Waals surface area contributed by atoms with Crippen LogP contribution in [0.25, 0.3) is 18.0 Å². The number of carbonyl (C=O) groups excluding carboxylic acids is 1. The molecule has 8 nitrogen and oxygen atoms in total. The average Bonchev–Trinajstić information content (AvgIpc) is 3.23. The molecular weight excluding hydrogens is 552 g/mol. The normalized spacial score (nSPS) is 12.5. The van der Waals surface area contributed by atoms with Crippen molar-refractivity contribution in [3.63, 3.8) is 0 Å². The Morgan fingerprint density at radius 1 is 1.35 bits per heavy atom. The zero-order valence-electron chi connectivity index (χ0n) is 22.7. The van der Waals surface area contributed by atoms with E-state index in [1.54, 1.807) is 7.05 Å². The lowest BCUT2D eigenvalue weighted by atomic mass is 10.1. The van der Waals surface area contributed by atoms with Crippen LogP contribution in [0.3, 0.4) is 0 Å². The maximum absolute atomic E-state index is 14.9. The molecule has 0 bridgehead atoms. The minimum atomic E-state index is -4.46. The zero-order chi connectivity index (χ0) is 29.9. The third-order valence-corrected chi connectivity index (χ3v) is 5.72. The second-order valence-electron chi connectivity index (χ2n) is 8.68. The Morgan fingerprint density at radius 3 is 2.65 bits per heavy atom. The first-order valence-corrected chi connectivity index (χ1v) is 12.8. The second kappa shape index (κ2) is 15.4. The summed E-state index contributed by atoms with van der Waals surface area (Å²) in [7, 11) is 3.17. The number of methoxy groups -OCH3 is 1. The lowest BCUT2D eigenvalue weighted by Gasteiger charge is -2.12. The van der Waals surface area contributed by atoms with Crippen LogP contribution in [0.15, 0.2) is 35.4 Å². The third-order valence-electron chi connectivity index (χ3n) is 5.51. The smallest absolute Gasteiger partial charge is 0.379 e. The highest BCUT2D eigenvalue weighted by molar-refractivity contribution is 6.31. The van der Waals surface area contributed by atoms with Crippen LogP contribution in [0.1, 0.15) is 59.5 Å². The number of aliphatic imine (C=N–C) groups is 1. The number of nitrogens with zero attached hydrogens (tertiary/aromatic N) is 4. The van der Waals surface area contributed by atoms with Crippen LogP contribution < -0.4 is 10.6 Å². The van der Waals surface area contributed by atoms with E-state index in [2.05, 4.69) is 38.8 Å². The van der Waals surface area contributed by atoms with Crippen LogP contribution in [0.5, 0.6) is 0 Å². The number of aromatic nitrogens is 3. The molecule has 0 aliphatic carbocycles. The lowest BCUT2D eigenvalue weighted by Crippen LogP contribution is -2.26. The van der Waals surface area contributed by atoms with E-state index in [1.807, 2.05) is 6.92 Å². The van der Waals surface area contributed by atoms with E-state index >= 15 is 0 Å². The van der Waals surface area contributed by atoms with Crippen LogP contribution >= 0.6 is 11.6 Å². The second-order valence-corrected chi connectivity index (χ2v) is 9.17. The van der Waals surface area contributed by atoms with Gasteiger partial charge in [-0.15, -0.1) is 0 Å². The summed E-state index contributed by atoms with van der Waals surface area (Å²) in [6.45, 7) is 9.72. The highest BCUT2D eigenvalue weighted by Crippen LogP contribution is 2.25. The number of aryl methyl sites for hydroxylation is 1. The van der Waals surface area contributed by atoms with Crippen LogP contribution in [-0.2, 0) is 17.7 Å². The molecular formula is C27H33ClF4N6O2. The predicted molar refractivity (Wildman–Crippen MR) is 149 cm³/mol. The van der Waals surface area contributed by atoms with Crippen molar-refractivity contribution in [1.29, 1.82) is 0 Å². The van der Waals surface area contributed by atoms with Gasteiger partial charge in [-0.2, -0.15) is 13.2 Å². The fourth-order valence-electron chi connectivity index (χ4n) is 3.76. The Kier molecular flexibility index (Phi) is 12.7. The van der Waals surface area contributed by atoms with E-state index in [0.29, 0.717) is 41.5 Å². The Balaban J connectivity index is 2.24. The Bertz CT molecular complexity index is 1270. The van der Waals surface area contributed by atoms with Gasteiger partial charge >= 0.3 is 6.18 Å². The molecule has 218 valence electrons. The summed E-state index contributed by atoms with van der Waals surface area (Å²) in [5.74, 6) is -0.916. The number of amides is 1. The minimum absolute atomic E-state index is 0.0703. The lowest BCUT2D eigenvalue weighted by molar-refractivity contribution is -0.121. The first-order valence-electron chi connectivity index (χ1n) is 12.4. The van der Waals surface area contributed by atoms with Crippen molar-refractivity contribution in [2.45, 2.75) is 45.3 Å². The van der Waals surface area contributed by atoms with Crippen LogP contribution in [0.4, 0.5) is 17.6 Å². The maximum atomic E-state index is 14.9. The molecule has 0 atom stereocenters. The SMILES string of the molecule is C=Cc1nc(CC)c(C(=O)NCc2cnc(C(=C)N=C(CCCNC)CC(F)(F)F)c(F)c2)n1/C=C(/Cl)COC. The molecule has 0 saturated carbocycles. The van der Waals surface area contributed by atoms with Crippen molar-refractivity contribution in [1.82, 2.24) is 25.2 Å². The Hall–Kier alpha value is -3.35. The number of alkyl halides is 3. The number of imidazole rings is 1. The fraction of sp³-hybridized carbons (Fsp3) is 0.407. The van der Waals surface area contributed by atoms with E-state index < -0.39 is 24.3 Å². The maximum Gasteiger partial charge on any atom is 0.394 e. The van der Waals surface area contributed by atoms with Crippen LogP contribution in [0.2, 0.25) is 0 Å². The molecule has 0 spiro atoms. The van der Waals surface area contributed by atoms with E-state index in [1.165, 1.54) is 30.1 Å². The first kappa shape index (κ1) is 32.9. The van der Waals surface area contributed by atoms with Gasteiger partial charge in [0.1, 0.15) is 17.2 Å². The summed E-state index contributed by atoms with van der Waals surface area (Å²) < 4.78 is 60.4. The molecule has 2 aromatic heterocycles. The molecule has 0 aliphatic rings. The van der Waals surface area contributed by atoms with Crippen molar-refractivity contribution in [3.8, 4) is 0 Å². The van der Waals surface area contributed by atoms with Crippen molar-refractivity contribution in [2.75, 3.05) is 27.3 Å². The number of rotatable bonds is 15. The summed E-state index contributed by atoms with van der Waals surface area (Å²) in [4.78, 5) is 25.5. The first-order chi connectivity index (χ1) is 18.9. The van der Waals surface area contributed by atoms with Crippen molar-refractivity contribution in [2.24, 2.45) is 4.99 Å².